The van der Waals surface area contributed by atoms with Gasteiger partial charge in [-0.25, -0.2) is 4.98 Å². The molecule has 1 N–H and O–H groups in total. The van der Waals surface area contributed by atoms with Crippen LogP contribution in [-0.4, -0.2) is 27.9 Å². The Morgan fingerprint density at radius 3 is 2.72 bits per heavy atom. The van der Waals surface area contributed by atoms with Crippen LogP contribution in [0.5, 0.6) is 5.75 Å². The quantitative estimate of drug-likeness (QED) is 0.814. The van der Waals surface area contributed by atoms with Crippen molar-refractivity contribution in [3.63, 3.8) is 0 Å². The number of aromatic hydroxyl groups is 1. The van der Waals surface area contributed by atoms with E-state index in [9.17, 15) is 14.7 Å². The van der Waals surface area contributed by atoms with Gasteiger partial charge in [0.25, 0.3) is 5.91 Å². The minimum atomic E-state index is -0.640. The Morgan fingerprint density at radius 1 is 1.21 bits per heavy atom. The lowest BCUT2D eigenvalue weighted by molar-refractivity contribution is -0.134. The van der Waals surface area contributed by atoms with Crippen molar-refractivity contribution < 1.29 is 19.4 Å². The van der Waals surface area contributed by atoms with E-state index in [-0.39, 0.29) is 35.2 Å². The average molecular weight is 410 g/mol. The zero-order valence-electron chi connectivity index (χ0n) is 16.2. The van der Waals surface area contributed by atoms with Gasteiger partial charge in [0.15, 0.2) is 16.7 Å². The molecule has 1 aromatic heterocycles. The number of thiazole rings is 1. The molecule has 7 heteroatoms. The van der Waals surface area contributed by atoms with Gasteiger partial charge in [0.1, 0.15) is 11.9 Å². The van der Waals surface area contributed by atoms with Gasteiger partial charge in [0.05, 0.1) is 17.5 Å². The molecular formula is C22H22N2O4S. The van der Waals surface area contributed by atoms with Gasteiger partial charge in [0.2, 0.25) is 0 Å². The van der Waals surface area contributed by atoms with Crippen LogP contribution in [0, 0.1) is 17.8 Å². The molecule has 3 heterocycles. The first-order chi connectivity index (χ1) is 14.0. The fourth-order valence-corrected chi connectivity index (χ4v) is 5.47. The van der Waals surface area contributed by atoms with E-state index in [0.717, 1.165) is 12.8 Å². The van der Waals surface area contributed by atoms with Crippen molar-refractivity contribution >= 4 is 28.2 Å². The molecule has 2 aromatic rings. The van der Waals surface area contributed by atoms with Crippen molar-refractivity contribution in [2.24, 2.45) is 17.8 Å². The normalized spacial score (nSPS) is 31.5. The van der Waals surface area contributed by atoms with E-state index in [1.165, 1.54) is 16.2 Å². The maximum absolute atomic E-state index is 13.6. The number of anilines is 1. The summed E-state index contributed by atoms with van der Waals surface area (Å²) in [5, 5.41) is 12.3. The Kier molecular flexibility index (Phi) is 4.24. The fourth-order valence-electron chi connectivity index (χ4n) is 4.80. The van der Waals surface area contributed by atoms with E-state index in [1.54, 1.807) is 29.8 Å². The van der Waals surface area contributed by atoms with Crippen LogP contribution in [0.15, 0.2) is 47.2 Å². The molecule has 1 aliphatic carbocycles. The van der Waals surface area contributed by atoms with Gasteiger partial charge in [-0.15, -0.1) is 11.3 Å². The van der Waals surface area contributed by atoms with Crippen LogP contribution in [0.3, 0.4) is 0 Å². The fraction of sp³-hybridized carbons (Fsp3) is 0.409. The molecule has 0 spiro atoms. The number of phenols is 1. The summed E-state index contributed by atoms with van der Waals surface area (Å²) in [6.07, 6.45) is 2.92. The summed E-state index contributed by atoms with van der Waals surface area (Å²) in [6.45, 7) is 4.35. The van der Waals surface area contributed by atoms with Crippen LogP contribution in [0.25, 0.3) is 0 Å². The minimum absolute atomic E-state index is 0.00394. The molecule has 2 aliphatic heterocycles. The van der Waals surface area contributed by atoms with Gasteiger partial charge >= 0.3 is 0 Å². The number of carbonyl (C=O) groups is 2. The van der Waals surface area contributed by atoms with Crippen molar-refractivity contribution in [1.29, 1.82) is 0 Å². The van der Waals surface area contributed by atoms with E-state index in [4.69, 9.17) is 4.74 Å². The van der Waals surface area contributed by atoms with Gasteiger partial charge < -0.3 is 9.84 Å². The van der Waals surface area contributed by atoms with Crippen LogP contribution in [0.1, 0.15) is 38.3 Å². The zero-order chi connectivity index (χ0) is 20.3. The molecule has 0 radical (unpaired) electrons. The molecular weight excluding hydrogens is 388 g/mol. The number of fused-ring (bicyclic) bond motifs is 1. The number of Topliss-reactive ketones (excluding diaryl/α,β-unsaturated/α-hetero) is 1. The number of phenolic OH excluding ortho intramolecular Hbond substituents is 1. The molecule has 0 saturated heterocycles. The largest absolute Gasteiger partial charge is 0.508 e. The predicted molar refractivity (Wildman–Crippen MR) is 108 cm³/mol. The van der Waals surface area contributed by atoms with Gasteiger partial charge in [-0.1, -0.05) is 26.0 Å². The Balaban J connectivity index is 1.64. The minimum Gasteiger partial charge on any atom is -0.508 e. The first kappa shape index (κ1) is 18.4. The number of rotatable bonds is 2. The number of hydrogen-bond donors (Lipinski definition) is 1. The van der Waals surface area contributed by atoms with Crippen LogP contribution >= 0.6 is 11.3 Å². The number of carbonyl (C=O) groups excluding carboxylic acids is 2. The number of aromatic nitrogens is 1. The molecule has 1 fully saturated rings. The van der Waals surface area contributed by atoms with Crippen LogP contribution in [0.4, 0.5) is 5.13 Å². The predicted octanol–water partition coefficient (Wildman–Crippen LogP) is 3.84. The van der Waals surface area contributed by atoms with Crippen molar-refractivity contribution in [2.75, 3.05) is 4.90 Å². The van der Waals surface area contributed by atoms with Crippen molar-refractivity contribution in [2.45, 2.75) is 38.8 Å². The molecule has 5 rings (SSSR count). The molecule has 0 bridgehead atoms. The molecule has 1 saturated carbocycles. The first-order valence-corrected chi connectivity index (χ1v) is 10.8. The van der Waals surface area contributed by atoms with E-state index in [2.05, 4.69) is 18.8 Å². The summed E-state index contributed by atoms with van der Waals surface area (Å²) in [7, 11) is 0. The van der Waals surface area contributed by atoms with E-state index < -0.39 is 6.04 Å². The summed E-state index contributed by atoms with van der Waals surface area (Å²) in [4.78, 5) is 32.8. The van der Waals surface area contributed by atoms with E-state index in [1.807, 2.05) is 6.07 Å². The third-order valence-corrected chi connectivity index (χ3v) is 7.29. The molecule has 29 heavy (non-hydrogen) atoms. The van der Waals surface area contributed by atoms with Gasteiger partial charge in [-0.3, -0.25) is 14.5 Å². The van der Waals surface area contributed by atoms with Crippen LogP contribution in [0.2, 0.25) is 0 Å². The van der Waals surface area contributed by atoms with E-state index >= 15 is 0 Å². The molecule has 150 valence electrons. The lowest BCUT2D eigenvalue weighted by Gasteiger charge is -2.40. The molecule has 5 unspecified atom stereocenters. The smallest absolute Gasteiger partial charge is 0.296 e. The second-order valence-electron chi connectivity index (χ2n) is 8.28. The van der Waals surface area contributed by atoms with Gasteiger partial charge in [0, 0.05) is 11.6 Å². The van der Waals surface area contributed by atoms with Crippen molar-refractivity contribution in [3.05, 3.63) is 52.7 Å². The Hall–Kier alpha value is -2.67. The molecule has 3 aliphatic rings. The number of benzene rings is 1. The highest BCUT2D eigenvalue weighted by molar-refractivity contribution is 7.13. The van der Waals surface area contributed by atoms with Gasteiger partial charge in [-0.05, 0) is 42.4 Å². The van der Waals surface area contributed by atoms with Crippen molar-refractivity contribution in [3.8, 4) is 5.75 Å². The molecule has 5 atom stereocenters. The third kappa shape index (κ3) is 2.79. The zero-order valence-corrected chi connectivity index (χ0v) is 17.1. The second kappa shape index (κ2) is 6.69. The molecule has 6 nitrogen and oxygen atoms in total. The maximum Gasteiger partial charge on any atom is 0.296 e. The Labute approximate surface area is 172 Å². The van der Waals surface area contributed by atoms with Crippen molar-refractivity contribution in [1.82, 2.24) is 4.98 Å². The third-order valence-electron chi connectivity index (χ3n) is 6.52. The standard InChI is InChI=1S/C22H22N2O4S/c1-11-8-15-16(9-12(11)2)28-20-17(19(15)26)18(13-4-3-5-14(25)10-13)24(21(20)27)22-23-6-7-29-22/h3-7,10-12,15-16,18,25H,8-9H2,1-2H3. The van der Waals surface area contributed by atoms with Gasteiger partial charge in [-0.2, -0.15) is 0 Å². The number of ether oxygens (including phenoxy) is 1. The number of hydrogen-bond acceptors (Lipinski definition) is 6. The summed E-state index contributed by atoms with van der Waals surface area (Å²) in [6, 6.07) is 6.06. The summed E-state index contributed by atoms with van der Waals surface area (Å²) in [5.41, 5.74) is 1.07. The first-order valence-electron chi connectivity index (χ1n) is 9.92. The Morgan fingerprint density at radius 2 is 2.00 bits per heavy atom. The second-order valence-corrected chi connectivity index (χ2v) is 9.16. The lowest BCUT2D eigenvalue weighted by atomic mass is 9.70. The van der Waals surface area contributed by atoms with Crippen LogP contribution < -0.4 is 4.90 Å². The topological polar surface area (TPSA) is 79.7 Å². The average Bonchev–Trinajstić information content (AvgIpc) is 3.30. The Bertz CT molecular complexity index is 1020. The maximum atomic E-state index is 13.6. The lowest BCUT2D eigenvalue weighted by Crippen LogP contribution is -2.43. The van der Waals surface area contributed by atoms with Crippen LogP contribution in [-0.2, 0) is 14.3 Å². The highest BCUT2D eigenvalue weighted by atomic mass is 32.1. The molecule has 1 amide bonds. The highest BCUT2D eigenvalue weighted by Crippen LogP contribution is 2.50. The summed E-state index contributed by atoms with van der Waals surface area (Å²) in [5.74, 6) is 0.546. The number of amides is 1. The summed E-state index contributed by atoms with van der Waals surface area (Å²) < 4.78 is 6.21. The molecule has 1 aromatic carbocycles. The highest BCUT2D eigenvalue weighted by Gasteiger charge is 2.54. The summed E-state index contributed by atoms with van der Waals surface area (Å²) >= 11 is 1.34. The number of nitrogens with zero attached hydrogens (tertiary/aromatic N) is 2. The SMILES string of the molecule is CC1CC2OC3=C(C(=O)C2CC1C)C(c1cccc(O)c1)N(c1nccs1)C3=O. The van der Waals surface area contributed by atoms with E-state index in [0.29, 0.717) is 28.1 Å². The monoisotopic (exact) mass is 410 g/mol. The number of ketones is 1.